The maximum atomic E-state index is 13.3. The fourth-order valence-electron chi connectivity index (χ4n) is 3.65. The van der Waals surface area contributed by atoms with Crippen LogP contribution in [-0.2, 0) is 16.6 Å². The van der Waals surface area contributed by atoms with Gasteiger partial charge in [0.2, 0.25) is 10.0 Å². The second-order valence-electron chi connectivity index (χ2n) is 7.84. The third-order valence-corrected chi connectivity index (χ3v) is 7.46. The molecule has 0 aliphatic carbocycles. The number of benzene rings is 3. The van der Waals surface area contributed by atoms with Crippen molar-refractivity contribution >= 4 is 15.9 Å². The van der Waals surface area contributed by atoms with Crippen LogP contribution < -0.4 is 10.1 Å². The first-order chi connectivity index (χ1) is 15.9. The summed E-state index contributed by atoms with van der Waals surface area (Å²) < 4.78 is 33.2. The molecular formula is C26H30N2O4S. The molecule has 0 radical (unpaired) electrons. The minimum absolute atomic E-state index is 0.0359. The highest BCUT2D eigenvalue weighted by atomic mass is 32.2. The topological polar surface area (TPSA) is 75.7 Å². The Morgan fingerprint density at radius 1 is 1.00 bits per heavy atom. The zero-order valence-corrected chi connectivity index (χ0v) is 20.0. The number of rotatable bonds is 10. The predicted molar refractivity (Wildman–Crippen MR) is 130 cm³/mol. The van der Waals surface area contributed by atoms with Crippen LogP contribution in [0, 0.1) is 0 Å². The van der Waals surface area contributed by atoms with Crippen molar-refractivity contribution in [3.8, 4) is 5.75 Å². The quantitative estimate of drug-likeness (QED) is 0.479. The molecule has 174 valence electrons. The maximum absolute atomic E-state index is 13.3. The lowest BCUT2D eigenvalue weighted by Gasteiger charge is -2.20. The Kier molecular flexibility index (Phi) is 8.25. The molecule has 0 aliphatic heterocycles. The molecule has 1 atom stereocenters. The van der Waals surface area contributed by atoms with Crippen LogP contribution >= 0.6 is 0 Å². The number of hydrogen-bond acceptors (Lipinski definition) is 4. The van der Waals surface area contributed by atoms with E-state index in [1.807, 2.05) is 60.7 Å². The van der Waals surface area contributed by atoms with E-state index in [4.69, 9.17) is 4.74 Å². The van der Waals surface area contributed by atoms with Crippen LogP contribution in [0.5, 0.6) is 5.75 Å². The van der Waals surface area contributed by atoms with Crippen molar-refractivity contribution in [2.75, 3.05) is 20.7 Å². The SMILES string of the molecule is CCC(CNC(=O)c1ccc(OC)c(S(=O)(=O)N(C)Cc2ccccc2)c1)c1ccccc1. The summed E-state index contributed by atoms with van der Waals surface area (Å²) in [6.45, 7) is 2.74. The number of sulfonamides is 1. The van der Waals surface area contributed by atoms with Gasteiger partial charge in [-0.25, -0.2) is 8.42 Å². The minimum Gasteiger partial charge on any atom is -0.495 e. The third kappa shape index (κ3) is 6.00. The highest BCUT2D eigenvalue weighted by molar-refractivity contribution is 7.89. The fourth-order valence-corrected chi connectivity index (χ4v) is 4.99. The summed E-state index contributed by atoms with van der Waals surface area (Å²) in [7, 11) is -0.959. The number of methoxy groups -OCH3 is 1. The van der Waals surface area contributed by atoms with Crippen LogP contribution in [0.3, 0.4) is 0 Å². The molecule has 0 fully saturated rings. The van der Waals surface area contributed by atoms with Crippen molar-refractivity contribution in [1.29, 1.82) is 0 Å². The van der Waals surface area contributed by atoms with Crippen LogP contribution in [0.15, 0.2) is 83.8 Å². The summed E-state index contributed by atoms with van der Waals surface area (Å²) in [6.07, 6.45) is 0.872. The fraction of sp³-hybridized carbons (Fsp3) is 0.269. The minimum atomic E-state index is -3.89. The largest absolute Gasteiger partial charge is 0.495 e. The Morgan fingerprint density at radius 2 is 1.64 bits per heavy atom. The van der Waals surface area contributed by atoms with Gasteiger partial charge in [-0.05, 0) is 35.7 Å². The summed E-state index contributed by atoms with van der Waals surface area (Å²) in [4.78, 5) is 12.8. The monoisotopic (exact) mass is 466 g/mol. The molecular weight excluding hydrogens is 436 g/mol. The molecule has 0 aliphatic rings. The number of nitrogens with zero attached hydrogens (tertiary/aromatic N) is 1. The van der Waals surface area contributed by atoms with Crippen molar-refractivity contribution in [3.63, 3.8) is 0 Å². The highest BCUT2D eigenvalue weighted by Gasteiger charge is 2.26. The van der Waals surface area contributed by atoms with Crippen LogP contribution in [0.2, 0.25) is 0 Å². The van der Waals surface area contributed by atoms with Crippen LogP contribution in [0.4, 0.5) is 0 Å². The van der Waals surface area contributed by atoms with Gasteiger partial charge in [-0.15, -0.1) is 0 Å². The lowest BCUT2D eigenvalue weighted by molar-refractivity contribution is 0.0950. The lowest BCUT2D eigenvalue weighted by atomic mass is 9.96. The van der Waals surface area contributed by atoms with Crippen molar-refractivity contribution in [2.24, 2.45) is 0 Å². The predicted octanol–water partition coefficient (Wildman–Crippen LogP) is 4.44. The normalized spacial score (nSPS) is 12.4. The van der Waals surface area contributed by atoms with E-state index >= 15 is 0 Å². The van der Waals surface area contributed by atoms with E-state index in [2.05, 4.69) is 12.2 Å². The van der Waals surface area contributed by atoms with Crippen molar-refractivity contribution in [3.05, 3.63) is 95.6 Å². The Bertz CT molecular complexity index is 1170. The van der Waals surface area contributed by atoms with Gasteiger partial charge in [-0.1, -0.05) is 67.6 Å². The molecule has 6 nitrogen and oxygen atoms in total. The smallest absolute Gasteiger partial charge is 0.251 e. The first-order valence-corrected chi connectivity index (χ1v) is 12.3. The molecule has 0 heterocycles. The van der Waals surface area contributed by atoms with Gasteiger partial charge in [-0.2, -0.15) is 4.31 Å². The van der Waals surface area contributed by atoms with Crippen LogP contribution in [-0.4, -0.2) is 39.3 Å². The molecule has 33 heavy (non-hydrogen) atoms. The number of hydrogen-bond donors (Lipinski definition) is 1. The molecule has 3 aromatic rings. The van der Waals surface area contributed by atoms with E-state index < -0.39 is 10.0 Å². The van der Waals surface area contributed by atoms with Gasteiger partial charge in [0.15, 0.2) is 0 Å². The molecule has 0 saturated heterocycles. The lowest BCUT2D eigenvalue weighted by Crippen LogP contribution is -2.29. The Balaban J connectivity index is 1.80. The first-order valence-electron chi connectivity index (χ1n) is 10.9. The zero-order valence-electron chi connectivity index (χ0n) is 19.2. The molecule has 3 aromatic carbocycles. The van der Waals surface area contributed by atoms with E-state index in [0.717, 1.165) is 17.5 Å². The first kappa shape index (κ1) is 24.5. The Hall–Kier alpha value is -3.16. The van der Waals surface area contributed by atoms with Gasteiger partial charge in [0, 0.05) is 31.6 Å². The molecule has 1 amide bonds. The zero-order chi connectivity index (χ0) is 23.8. The second kappa shape index (κ2) is 11.1. The highest BCUT2D eigenvalue weighted by Crippen LogP contribution is 2.28. The molecule has 1 N–H and O–H groups in total. The van der Waals surface area contributed by atoms with E-state index in [0.29, 0.717) is 6.54 Å². The van der Waals surface area contributed by atoms with Crippen molar-refractivity contribution < 1.29 is 17.9 Å². The van der Waals surface area contributed by atoms with E-state index in [1.54, 1.807) is 6.07 Å². The van der Waals surface area contributed by atoms with E-state index in [9.17, 15) is 13.2 Å². The summed E-state index contributed by atoms with van der Waals surface area (Å²) in [6, 6.07) is 23.8. The van der Waals surface area contributed by atoms with Crippen molar-refractivity contribution in [2.45, 2.75) is 30.7 Å². The van der Waals surface area contributed by atoms with Gasteiger partial charge in [0.25, 0.3) is 5.91 Å². The number of carbonyl (C=O) groups excluding carboxylic acids is 1. The number of nitrogens with one attached hydrogen (secondary N) is 1. The summed E-state index contributed by atoms with van der Waals surface area (Å²) in [5, 5.41) is 2.95. The summed E-state index contributed by atoms with van der Waals surface area (Å²) in [5.41, 5.74) is 2.29. The Labute approximate surface area is 196 Å². The molecule has 0 bridgehead atoms. The van der Waals surface area contributed by atoms with Gasteiger partial charge in [0.1, 0.15) is 10.6 Å². The maximum Gasteiger partial charge on any atom is 0.251 e. The summed E-state index contributed by atoms with van der Waals surface area (Å²) in [5.74, 6) is 0.0463. The molecule has 0 spiro atoms. The molecule has 0 aromatic heterocycles. The van der Waals surface area contributed by atoms with Gasteiger partial charge >= 0.3 is 0 Å². The third-order valence-electron chi connectivity index (χ3n) is 5.63. The molecule has 0 saturated carbocycles. The number of carbonyl (C=O) groups is 1. The van der Waals surface area contributed by atoms with Crippen LogP contribution in [0.1, 0.15) is 40.7 Å². The van der Waals surface area contributed by atoms with E-state index in [1.165, 1.54) is 30.6 Å². The summed E-state index contributed by atoms with van der Waals surface area (Å²) >= 11 is 0. The van der Waals surface area contributed by atoms with Crippen LogP contribution in [0.25, 0.3) is 0 Å². The standard InChI is InChI=1S/C26H30N2O4S/c1-4-21(22-13-9-6-10-14-22)18-27-26(29)23-15-16-24(32-3)25(17-23)33(30,31)28(2)19-20-11-7-5-8-12-20/h5-17,21H,4,18-19H2,1-3H3,(H,27,29). The van der Waals surface area contributed by atoms with Crippen molar-refractivity contribution in [1.82, 2.24) is 9.62 Å². The molecule has 3 rings (SSSR count). The average molecular weight is 467 g/mol. The Morgan fingerprint density at radius 3 is 2.24 bits per heavy atom. The second-order valence-corrected chi connectivity index (χ2v) is 9.85. The van der Waals surface area contributed by atoms with E-state index in [-0.39, 0.29) is 34.6 Å². The van der Waals surface area contributed by atoms with Gasteiger partial charge in [0.05, 0.1) is 7.11 Å². The molecule has 7 heteroatoms. The van der Waals surface area contributed by atoms with Gasteiger partial charge in [-0.3, -0.25) is 4.79 Å². The number of amides is 1. The number of ether oxygens (including phenoxy) is 1. The average Bonchev–Trinajstić information content (AvgIpc) is 2.85. The molecule has 1 unspecified atom stereocenters. The van der Waals surface area contributed by atoms with Gasteiger partial charge < -0.3 is 10.1 Å².